The fourth-order valence-corrected chi connectivity index (χ4v) is 6.02. The lowest BCUT2D eigenvalue weighted by atomic mass is 9.80. The summed E-state index contributed by atoms with van der Waals surface area (Å²) in [6, 6.07) is 14.2. The fourth-order valence-electron chi connectivity index (χ4n) is 6.02. The Morgan fingerprint density at radius 1 is 1.00 bits per heavy atom. The molecule has 4 amide bonds. The Bertz CT molecular complexity index is 1400. The monoisotopic (exact) mass is 601 g/mol. The van der Waals surface area contributed by atoms with Crippen molar-refractivity contribution in [2.24, 2.45) is 5.41 Å². The van der Waals surface area contributed by atoms with Crippen LogP contribution in [0.25, 0.3) is 0 Å². The van der Waals surface area contributed by atoms with Crippen molar-refractivity contribution in [1.82, 2.24) is 25.8 Å². The number of nitrogens with one attached hydrogen (secondary N) is 3. The molecule has 2 unspecified atom stereocenters. The van der Waals surface area contributed by atoms with Crippen LogP contribution in [0.2, 0.25) is 0 Å². The molecule has 0 spiro atoms. The summed E-state index contributed by atoms with van der Waals surface area (Å²) in [5.74, 6) is -0.989. The molecule has 236 valence electrons. The van der Waals surface area contributed by atoms with E-state index in [1.54, 1.807) is 26.4 Å². The minimum Gasteiger partial charge on any atom is -0.345 e. The zero-order valence-electron chi connectivity index (χ0n) is 27.0. The smallest absolute Gasteiger partial charge is 0.250 e. The molecule has 5 atom stereocenters. The van der Waals surface area contributed by atoms with Crippen LogP contribution >= 0.6 is 0 Å². The van der Waals surface area contributed by atoms with Gasteiger partial charge in [-0.15, -0.1) is 0 Å². The van der Waals surface area contributed by atoms with Crippen LogP contribution in [0.3, 0.4) is 0 Å². The van der Waals surface area contributed by atoms with Crippen molar-refractivity contribution < 1.29 is 19.2 Å². The molecule has 3 N–H and O–H groups in total. The zero-order chi connectivity index (χ0) is 32.2. The number of fused-ring (bicyclic) bond motifs is 1. The molecule has 44 heavy (non-hydrogen) atoms. The number of amides is 4. The van der Waals surface area contributed by atoms with Crippen LogP contribution in [-0.2, 0) is 32.0 Å². The number of benzene rings is 2. The quantitative estimate of drug-likeness (QED) is 0.408. The number of carbonyl (C=O) groups excluding carboxylic acids is 4. The Hall–Kier alpha value is -3.98. The molecular formula is C35H47N5O4. The summed E-state index contributed by atoms with van der Waals surface area (Å²) in [4.78, 5) is 56.9. The van der Waals surface area contributed by atoms with Crippen molar-refractivity contribution in [3.8, 4) is 0 Å². The second-order valence-corrected chi connectivity index (χ2v) is 13.3. The van der Waals surface area contributed by atoms with Gasteiger partial charge in [-0.25, -0.2) is 0 Å². The zero-order valence-corrected chi connectivity index (χ0v) is 27.0. The number of aryl methyl sites for hydroxylation is 1. The summed E-state index contributed by atoms with van der Waals surface area (Å²) >= 11 is 0. The molecule has 1 aliphatic carbocycles. The minimum atomic E-state index is -0.854. The highest BCUT2D eigenvalue weighted by Gasteiger charge is 2.40. The van der Waals surface area contributed by atoms with E-state index >= 15 is 0 Å². The van der Waals surface area contributed by atoms with Crippen LogP contribution in [0.15, 0.2) is 60.9 Å². The van der Waals surface area contributed by atoms with Crippen LogP contribution in [-0.4, -0.2) is 71.2 Å². The average molecular weight is 602 g/mol. The maximum Gasteiger partial charge on any atom is 0.250 e. The highest BCUT2D eigenvalue weighted by Crippen LogP contribution is 2.35. The Morgan fingerprint density at radius 3 is 2.34 bits per heavy atom. The highest BCUT2D eigenvalue weighted by molar-refractivity contribution is 5.95. The molecule has 1 heterocycles. The van der Waals surface area contributed by atoms with E-state index in [1.165, 1.54) is 16.0 Å². The highest BCUT2D eigenvalue weighted by atomic mass is 16.2. The van der Waals surface area contributed by atoms with Gasteiger partial charge in [0, 0.05) is 24.9 Å². The summed E-state index contributed by atoms with van der Waals surface area (Å²) in [5.41, 5.74) is 4.04. The van der Waals surface area contributed by atoms with Gasteiger partial charge >= 0.3 is 0 Å². The van der Waals surface area contributed by atoms with Gasteiger partial charge in [0.15, 0.2) is 0 Å². The number of hydrogen-bond donors (Lipinski definition) is 3. The summed E-state index contributed by atoms with van der Waals surface area (Å²) in [7, 11) is 1.67. The molecule has 0 saturated heterocycles. The van der Waals surface area contributed by atoms with Crippen LogP contribution in [0.5, 0.6) is 0 Å². The van der Waals surface area contributed by atoms with Crippen molar-refractivity contribution in [2.75, 3.05) is 13.6 Å². The summed E-state index contributed by atoms with van der Waals surface area (Å²) in [6.45, 7) is 11.2. The van der Waals surface area contributed by atoms with Crippen LogP contribution in [0, 0.1) is 12.3 Å². The first-order valence-electron chi connectivity index (χ1n) is 15.5. The van der Waals surface area contributed by atoms with E-state index in [1.807, 2.05) is 62.9 Å². The molecule has 9 heteroatoms. The molecule has 9 nitrogen and oxygen atoms in total. The third-order valence-corrected chi connectivity index (χ3v) is 8.82. The van der Waals surface area contributed by atoms with E-state index in [9.17, 15) is 19.2 Å². The Kier molecular flexibility index (Phi) is 10.3. The van der Waals surface area contributed by atoms with Gasteiger partial charge in [-0.3, -0.25) is 19.2 Å². The minimum absolute atomic E-state index is 0.0164. The number of nitrogens with zero attached hydrogens (tertiary/aromatic N) is 2. The van der Waals surface area contributed by atoms with Crippen molar-refractivity contribution in [3.05, 3.63) is 83.2 Å². The van der Waals surface area contributed by atoms with E-state index in [4.69, 9.17) is 0 Å². The van der Waals surface area contributed by atoms with E-state index in [0.717, 1.165) is 24.0 Å². The molecule has 0 fully saturated rings. The number of rotatable bonds is 9. The Balaban J connectivity index is 1.54. The first-order valence-corrected chi connectivity index (χ1v) is 15.5. The van der Waals surface area contributed by atoms with Gasteiger partial charge in [-0.1, -0.05) is 81.8 Å². The van der Waals surface area contributed by atoms with E-state index in [-0.39, 0.29) is 24.4 Å². The lowest BCUT2D eigenvalue weighted by Crippen LogP contribution is -2.59. The predicted octanol–water partition coefficient (Wildman–Crippen LogP) is 3.42. The summed E-state index contributed by atoms with van der Waals surface area (Å²) in [5, 5.41) is 8.40. The van der Waals surface area contributed by atoms with Crippen molar-refractivity contribution in [1.29, 1.82) is 0 Å². The Morgan fingerprint density at radius 2 is 1.68 bits per heavy atom. The molecule has 4 rings (SSSR count). The van der Waals surface area contributed by atoms with Crippen molar-refractivity contribution >= 4 is 23.6 Å². The molecule has 0 aromatic heterocycles. The van der Waals surface area contributed by atoms with Gasteiger partial charge in [-0.05, 0) is 61.8 Å². The van der Waals surface area contributed by atoms with Gasteiger partial charge in [0.25, 0.3) is 0 Å². The van der Waals surface area contributed by atoms with Crippen LogP contribution in [0.4, 0.5) is 0 Å². The normalized spacial score (nSPS) is 21.3. The maximum absolute atomic E-state index is 14.2. The standard InChI is InChI=1S/C35H47N5O4/c1-22-12-14-25(15-13-22)19-29-34(44)39(27-18-23(2)28-11-9-8-10-26(28)20-27)16-17-40(29)30(41)21-37-33(43)31(35(4,5)6)38-32(42)24(3)36-7/h8-17,23-24,27,29,31,36H,18-21H2,1-7H3,(H,37,43)(H,38,42)/t23?,24-,27?,29-,31+/m0/s1. The van der Waals surface area contributed by atoms with E-state index in [0.29, 0.717) is 12.3 Å². The largest absolute Gasteiger partial charge is 0.345 e. The van der Waals surface area contributed by atoms with Crippen LogP contribution < -0.4 is 16.0 Å². The third kappa shape index (κ3) is 7.56. The SMILES string of the molecule is CN[C@@H](C)C(=O)N[C@H](C(=O)NCC(=O)N1C=CN(C2Cc3ccccc3C(C)C2)C(=O)[C@@H]1Cc1ccc(C)cc1)C(C)(C)C. The molecule has 0 bridgehead atoms. The van der Waals surface area contributed by atoms with Gasteiger partial charge in [-0.2, -0.15) is 0 Å². The van der Waals surface area contributed by atoms with Gasteiger partial charge in [0.05, 0.1) is 12.6 Å². The molecule has 2 aromatic rings. The molecule has 2 aromatic carbocycles. The predicted molar refractivity (Wildman–Crippen MR) is 171 cm³/mol. The lowest BCUT2D eigenvalue weighted by Gasteiger charge is -2.42. The second-order valence-electron chi connectivity index (χ2n) is 13.3. The molecule has 2 aliphatic rings. The fraction of sp³-hybridized carbons (Fsp3) is 0.486. The van der Waals surface area contributed by atoms with E-state index in [2.05, 4.69) is 41.1 Å². The first kappa shape index (κ1) is 32.9. The van der Waals surface area contributed by atoms with E-state index < -0.39 is 35.4 Å². The number of likely N-dealkylation sites (N-methyl/N-ethyl adjacent to an activating group) is 1. The lowest BCUT2D eigenvalue weighted by molar-refractivity contribution is -0.145. The van der Waals surface area contributed by atoms with Gasteiger partial charge in [0.2, 0.25) is 23.6 Å². The topological polar surface area (TPSA) is 111 Å². The second kappa shape index (κ2) is 13.8. The number of hydrogen-bond acceptors (Lipinski definition) is 5. The Labute approximate surface area is 261 Å². The first-order chi connectivity index (χ1) is 20.8. The molecular weight excluding hydrogens is 554 g/mol. The van der Waals surface area contributed by atoms with Crippen LogP contribution in [0.1, 0.15) is 69.2 Å². The van der Waals surface area contributed by atoms with Crippen molar-refractivity contribution in [2.45, 2.75) is 90.9 Å². The maximum atomic E-state index is 14.2. The average Bonchev–Trinajstić information content (AvgIpc) is 2.99. The van der Waals surface area contributed by atoms with Gasteiger partial charge in [0.1, 0.15) is 12.1 Å². The third-order valence-electron chi connectivity index (χ3n) is 8.82. The van der Waals surface area contributed by atoms with Crippen molar-refractivity contribution in [3.63, 3.8) is 0 Å². The van der Waals surface area contributed by atoms with Gasteiger partial charge < -0.3 is 25.8 Å². The summed E-state index contributed by atoms with van der Waals surface area (Å²) < 4.78 is 0. The molecule has 1 aliphatic heterocycles. The molecule has 0 radical (unpaired) electrons. The molecule has 0 saturated carbocycles. The summed E-state index contributed by atoms with van der Waals surface area (Å²) in [6.07, 6.45) is 5.33. The number of carbonyl (C=O) groups is 4.